The Balaban J connectivity index is 1.98. The highest BCUT2D eigenvalue weighted by molar-refractivity contribution is 9.09. The Morgan fingerprint density at radius 2 is 1.80 bits per heavy atom. The van der Waals surface area contributed by atoms with Crippen molar-refractivity contribution in [1.82, 2.24) is 0 Å². The molecule has 20 heavy (non-hydrogen) atoms. The van der Waals surface area contributed by atoms with Gasteiger partial charge in [0.15, 0.2) is 0 Å². The first-order chi connectivity index (χ1) is 9.24. The van der Waals surface area contributed by atoms with E-state index in [9.17, 15) is 13.2 Å². The standard InChI is InChI=1S/C14H16BrF3O2/c1-3-13(2)11(15)8-12(13)19-9-4-6-10(7-5-9)20-14(16,17)18/h4-7,11-12H,3,8H2,1-2H3. The smallest absolute Gasteiger partial charge is 0.490 e. The lowest BCUT2D eigenvalue weighted by Gasteiger charge is -2.50. The summed E-state index contributed by atoms with van der Waals surface area (Å²) in [5.41, 5.74) is 0.0567. The van der Waals surface area contributed by atoms with E-state index in [2.05, 4.69) is 34.5 Å². The van der Waals surface area contributed by atoms with Crippen LogP contribution in [0, 0.1) is 5.41 Å². The molecule has 1 aromatic carbocycles. The van der Waals surface area contributed by atoms with Crippen molar-refractivity contribution in [1.29, 1.82) is 0 Å². The molecule has 0 aromatic heterocycles. The number of hydrogen-bond acceptors (Lipinski definition) is 2. The van der Waals surface area contributed by atoms with Crippen LogP contribution >= 0.6 is 15.9 Å². The molecule has 112 valence electrons. The molecule has 2 rings (SSSR count). The van der Waals surface area contributed by atoms with Crippen LogP contribution in [-0.4, -0.2) is 17.3 Å². The SMILES string of the molecule is CCC1(C)C(Br)CC1Oc1ccc(OC(F)(F)F)cc1. The van der Waals surface area contributed by atoms with Crippen molar-refractivity contribution in [2.24, 2.45) is 5.41 Å². The van der Waals surface area contributed by atoms with Crippen LogP contribution in [0.1, 0.15) is 26.7 Å². The Bertz CT molecular complexity index is 460. The summed E-state index contributed by atoms with van der Waals surface area (Å²) in [4.78, 5) is 0.415. The molecule has 0 N–H and O–H groups in total. The minimum atomic E-state index is -4.67. The Hall–Kier alpha value is -0.910. The molecular weight excluding hydrogens is 337 g/mol. The normalized spacial score (nSPS) is 29.7. The minimum Gasteiger partial charge on any atom is -0.490 e. The van der Waals surface area contributed by atoms with Gasteiger partial charge in [0.1, 0.15) is 17.6 Å². The van der Waals surface area contributed by atoms with Crippen molar-refractivity contribution in [3.8, 4) is 11.5 Å². The lowest BCUT2D eigenvalue weighted by atomic mass is 9.65. The average molecular weight is 353 g/mol. The zero-order valence-electron chi connectivity index (χ0n) is 11.2. The van der Waals surface area contributed by atoms with Crippen LogP contribution in [0.2, 0.25) is 0 Å². The summed E-state index contributed by atoms with van der Waals surface area (Å²) in [5, 5.41) is 0. The van der Waals surface area contributed by atoms with Gasteiger partial charge in [-0.1, -0.05) is 29.8 Å². The van der Waals surface area contributed by atoms with Crippen LogP contribution < -0.4 is 9.47 Å². The lowest BCUT2D eigenvalue weighted by Crippen LogP contribution is -2.54. The molecule has 0 bridgehead atoms. The summed E-state index contributed by atoms with van der Waals surface area (Å²) in [6, 6.07) is 5.52. The first kappa shape index (κ1) is 15.5. The molecule has 3 unspecified atom stereocenters. The average Bonchev–Trinajstić information content (AvgIpc) is 2.37. The summed E-state index contributed by atoms with van der Waals surface area (Å²) in [6.07, 6.45) is -2.72. The Kier molecular flexibility index (Phi) is 4.23. The molecule has 0 heterocycles. The second-order valence-corrected chi connectivity index (χ2v) is 6.29. The maximum Gasteiger partial charge on any atom is 0.573 e. The third kappa shape index (κ3) is 3.22. The summed E-state index contributed by atoms with van der Waals surface area (Å²) in [6.45, 7) is 4.24. The predicted molar refractivity (Wildman–Crippen MR) is 73.3 cm³/mol. The van der Waals surface area contributed by atoms with Crippen LogP contribution in [-0.2, 0) is 0 Å². The van der Waals surface area contributed by atoms with Gasteiger partial charge < -0.3 is 9.47 Å². The molecule has 1 aliphatic carbocycles. The molecule has 0 spiro atoms. The third-order valence-corrected chi connectivity index (χ3v) is 5.39. The second-order valence-electron chi connectivity index (χ2n) is 5.19. The maximum absolute atomic E-state index is 12.0. The van der Waals surface area contributed by atoms with Gasteiger partial charge in [-0.05, 0) is 37.1 Å². The van der Waals surface area contributed by atoms with Crippen LogP contribution in [0.4, 0.5) is 13.2 Å². The molecule has 0 amide bonds. The second kappa shape index (κ2) is 5.47. The number of rotatable bonds is 4. The first-order valence-electron chi connectivity index (χ1n) is 6.41. The minimum absolute atomic E-state index is 0.0567. The number of halogens is 4. The number of benzene rings is 1. The summed E-state index contributed by atoms with van der Waals surface area (Å²) in [7, 11) is 0. The van der Waals surface area contributed by atoms with E-state index in [-0.39, 0.29) is 17.3 Å². The number of alkyl halides is 4. The highest BCUT2D eigenvalue weighted by Gasteiger charge is 2.50. The summed E-state index contributed by atoms with van der Waals surface area (Å²) in [5.74, 6) is 0.318. The van der Waals surface area contributed by atoms with E-state index in [0.717, 1.165) is 12.8 Å². The topological polar surface area (TPSA) is 18.5 Å². The van der Waals surface area contributed by atoms with Gasteiger partial charge >= 0.3 is 6.36 Å². The van der Waals surface area contributed by atoms with E-state index in [1.807, 2.05) is 0 Å². The molecule has 3 atom stereocenters. The van der Waals surface area contributed by atoms with E-state index in [0.29, 0.717) is 10.6 Å². The van der Waals surface area contributed by atoms with Crippen LogP contribution in [0.3, 0.4) is 0 Å². The molecule has 1 aliphatic rings. The van der Waals surface area contributed by atoms with Gasteiger partial charge in [0.2, 0.25) is 0 Å². The molecule has 2 nitrogen and oxygen atoms in total. The molecule has 0 aliphatic heterocycles. The predicted octanol–water partition coefficient (Wildman–Crippen LogP) is 4.92. The fourth-order valence-electron chi connectivity index (χ4n) is 2.28. The van der Waals surface area contributed by atoms with Gasteiger partial charge in [0.05, 0.1) is 0 Å². The third-order valence-electron chi connectivity index (χ3n) is 3.97. The van der Waals surface area contributed by atoms with E-state index in [1.165, 1.54) is 24.3 Å². The van der Waals surface area contributed by atoms with Crippen molar-refractivity contribution in [3.63, 3.8) is 0 Å². The lowest BCUT2D eigenvalue weighted by molar-refractivity contribution is -0.274. The van der Waals surface area contributed by atoms with Crippen molar-refractivity contribution < 1.29 is 22.6 Å². The van der Waals surface area contributed by atoms with Gasteiger partial charge in [-0.15, -0.1) is 13.2 Å². The number of hydrogen-bond donors (Lipinski definition) is 0. The quantitative estimate of drug-likeness (QED) is 0.716. The van der Waals surface area contributed by atoms with E-state index >= 15 is 0 Å². The Morgan fingerprint density at radius 1 is 1.25 bits per heavy atom. The van der Waals surface area contributed by atoms with Crippen molar-refractivity contribution in [2.45, 2.75) is 44.0 Å². The Morgan fingerprint density at radius 3 is 2.25 bits per heavy atom. The molecular formula is C14H16BrF3O2. The van der Waals surface area contributed by atoms with Crippen LogP contribution in [0.15, 0.2) is 24.3 Å². The van der Waals surface area contributed by atoms with E-state index in [4.69, 9.17) is 4.74 Å². The highest BCUT2D eigenvalue weighted by Crippen LogP contribution is 2.50. The molecule has 6 heteroatoms. The summed E-state index contributed by atoms with van der Waals surface area (Å²) < 4.78 is 45.8. The van der Waals surface area contributed by atoms with E-state index < -0.39 is 6.36 Å². The van der Waals surface area contributed by atoms with Crippen molar-refractivity contribution in [3.05, 3.63) is 24.3 Å². The molecule has 1 saturated carbocycles. The van der Waals surface area contributed by atoms with Crippen molar-refractivity contribution >= 4 is 15.9 Å². The molecule has 1 aromatic rings. The highest BCUT2D eigenvalue weighted by atomic mass is 79.9. The largest absolute Gasteiger partial charge is 0.573 e. The van der Waals surface area contributed by atoms with Gasteiger partial charge in [-0.3, -0.25) is 0 Å². The monoisotopic (exact) mass is 352 g/mol. The van der Waals surface area contributed by atoms with Crippen LogP contribution in [0.25, 0.3) is 0 Å². The zero-order valence-corrected chi connectivity index (χ0v) is 12.8. The maximum atomic E-state index is 12.0. The van der Waals surface area contributed by atoms with Gasteiger partial charge in [0.25, 0.3) is 0 Å². The molecule has 0 radical (unpaired) electrons. The fraction of sp³-hybridized carbons (Fsp3) is 0.571. The Labute approximate surface area is 124 Å². The van der Waals surface area contributed by atoms with Crippen molar-refractivity contribution in [2.75, 3.05) is 0 Å². The zero-order chi connectivity index (χ0) is 15.0. The van der Waals surface area contributed by atoms with Gasteiger partial charge in [-0.2, -0.15) is 0 Å². The van der Waals surface area contributed by atoms with E-state index in [1.54, 1.807) is 0 Å². The summed E-state index contributed by atoms with van der Waals surface area (Å²) >= 11 is 3.62. The van der Waals surface area contributed by atoms with Crippen LogP contribution in [0.5, 0.6) is 11.5 Å². The molecule has 0 saturated heterocycles. The fourth-order valence-corrected chi connectivity index (χ4v) is 3.24. The van der Waals surface area contributed by atoms with Gasteiger partial charge in [-0.25, -0.2) is 0 Å². The molecule has 1 fully saturated rings. The van der Waals surface area contributed by atoms with Gasteiger partial charge in [0, 0.05) is 10.2 Å². The first-order valence-corrected chi connectivity index (χ1v) is 7.32. The number of ether oxygens (including phenoxy) is 2.